The lowest BCUT2D eigenvalue weighted by Gasteiger charge is -2.19. The first-order valence-corrected chi connectivity index (χ1v) is 7.09. The molecule has 0 saturated heterocycles. The van der Waals surface area contributed by atoms with Gasteiger partial charge in [0.25, 0.3) is 0 Å². The summed E-state index contributed by atoms with van der Waals surface area (Å²) in [7, 11) is 0. The number of pyridine rings is 1. The third kappa shape index (κ3) is 3.26. The molecule has 19 heavy (non-hydrogen) atoms. The zero-order chi connectivity index (χ0) is 13.2. The highest BCUT2D eigenvalue weighted by Gasteiger charge is 2.24. The van der Waals surface area contributed by atoms with Crippen molar-refractivity contribution in [2.45, 2.75) is 19.4 Å². The van der Waals surface area contributed by atoms with Crippen molar-refractivity contribution in [3.8, 4) is 0 Å². The van der Waals surface area contributed by atoms with Gasteiger partial charge in [0.15, 0.2) is 0 Å². The lowest BCUT2D eigenvalue weighted by Crippen LogP contribution is -2.28. The van der Waals surface area contributed by atoms with Crippen LogP contribution in [-0.2, 0) is 6.54 Å². The fraction of sp³-hybridized carbons (Fsp3) is 0.500. The first-order chi connectivity index (χ1) is 9.24. The maximum absolute atomic E-state index is 9.14. The average Bonchev–Trinajstić information content (AvgIpc) is 3.08. The van der Waals surface area contributed by atoms with E-state index in [9.17, 15) is 0 Å². The largest absolute Gasteiger partial charge is 0.395 e. The Morgan fingerprint density at radius 1 is 1.37 bits per heavy atom. The van der Waals surface area contributed by atoms with Crippen molar-refractivity contribution in [1.82, 2.24) is 14.3 Å². The standard InChI is InChI=1S/C14H18ClN3O/c15-12-3-4-14-16-13(10-18(14)8-12)9-17(5-6-19)7-11-1-2-11/h3-4,8,10-11,19H,1-2,5-7,9H2. The smallest absolute Gasteiger partial charge is 0.137 e. The van der Waals surface area contributed by atoms with Crippen LogP contribution in [0.5, 0.6) is 0 Å². The summed E-state index contributed by atoms with van der Waals surface area (Å²) >= 11 is 5.97. The van der Waals surface area contributed by atoms with Gasteiger partial charge in [0.1, 0.15) is 5.65 Å². The molecule has 1 aliphatic carbocycles. The second kappa shape index (κ2) is 5.49. The van der Waals surface area contributed by atoms with E-state index in [1.54, 1.807) is 0 Å². The highest BCUT2D eigenvalue weighted by molar-refractivity contribution is 6.30. The van der Waals surface area contributed by atoms with E-state index in [-0.39, 0.29) is 6.61 Å². The van der Waals surface area contributed by atoms with E-state index in [2.05, 4.69) is 9.88 Å². The first-order valence-electron chi connectivity index (χ1n) is 6.71. The van der Waals surface area contributed by atoms with Gasteiger partial charge in [0.2, 0.25) is 0 Å². The van der Waals surface area contributed by atoms with Crippen LogP contribution in [-0.4, -0.2) is 39.1 Å². The molecule has 0 atom stereocenters. The van der Waals surface area contributed by atoms with E-state index < -0.39 is 0 Å². The second-order valence-electron chi connectivity index (χ2n) is 5.25. The predicted octanol–water partition coefficient (Wildman–Crippen LogP) is 2.19. The van der Waals surface area contributed by atoms with Gasteiger partial charge < -0.3 is 9.51 Å². The van der Waals surface area contributed by atoms with Gasteiger partial charge >= 0.3 is 0 Å². The third-order valence-corrected chi connectivity index (χ3v) is 3.70. The molecule has 1 saturated carbocycles. The predicted molar refractivity (Wildman–Crippen MR) is 75.3 cm³/mol. The molecule has 2 heterocycles. The molecule has 1 N–H and O–H groups in total. The van der Waals surface area contributed by atoms with Crippen LogP contribution in [0.1, 0.15) is 18.5 Å². The summed E-state index contributed by atoms with van der Waals surface area (Å²) in [5.74, 6) is 0.818. The van der Waals surface area contributed by atoms with Crippen molar-refractivity contribution in [3.63, 3.8) is 0 Å². The number of rotatable bonds is 6. The number of nitrogens with zero attached hydrogens (tertiary/aromatic N) is 3. The Labute approximate surface area is 117 Å². The van der Waals surface area contributed by atoms with Gasteiger partial charge in [-0.2, -0.15) is 0 Å². The van der Waals surface area contributed by atoms with E-state index in [1.165, 1.54) is 12.8 Å². The molecular formula is C14H18ClN3O. The molecular weight excluding hydrogens is 262 g/mol. The van der Waals surface area contributed by atoms with Crippen molar-refractivity contribution in [3.05, 3.63) is 35.2 Å². The van der Waals surface area contributed by atoms with E-state index in [4.69, 9.17) is 16.7 Å². The number of hydrogen-bond donors (Lipinski definition) is 1. The minimum atomic E-state index is 0.200. The maximum atomic E-state index is 9.14. The van der Waals surface area contributed by atoms with Gasteiger partial charge in [-0.1, -0.05) is 11.6 Å². The van der Waals surface area contributed by atoms with Gasteiger partial charge in [0.05, 0.1) is 17.3 Å². The SMILES string of the molecule is OCCN(Cc1cn2cc(Cl)ccc2n1)CC1CC1. The average molecular weight is 280 g/mol. The number of hydrogen-bond acceptors (Lipinski definition) is 3. The molecule has 2 aromatic heterocycles. The number of imidazole rings is 1. The number of halogens is 1. The van der Waals surface area contributed by atoms with E-state index >= 15 is 0 Å². The van der Waals surface area contributed by atoms with Crippen LogP contribution in [0.25, 0.3) is 5.65 Å². The van der Waals surface area contributed by atoms with E-state index in [0.717, 1.165) is 30.3 Å². The Bertz CT molecular complexity index is 565. The van der Waals surface area contributed by atoms with Crippen LogP contribution in [0, 0.1) is 5.92 Å². The van der Waals surface area contributed by atoms with E-state index in [1.807, 2.05) is 28.9 Å². The molecule has 0 bridgehead atoms. The summed E-state index contributed by atoms with van der Waals surface area (Å²) in [4.78, 5) is 6.86. The first kappa shape index (κ1) is 12.9. The van der Waals surface area contributed by atoms with Gasteiger partial charge in [-0.3, -0.25) is 4.90 Å². The van der Waals surface area contributed by atoms with Gasteiger partial charge in [-0.25, -0.2) is 4.98 Å². The minimum absolute atomic E-state index is 0.200. The summed E-state index contributed by atoms with van der Waals surface area (Å²) in [6.45, 7) is 2.77. The lowest BCUT2D eigenvalue weighted by molar-refractivity contribution is 0.183. The van der Waals surface area contributed by atoms with Crippen molar-refractivity contribution in [2.24, 2.45) is 5.92 Å². The number of aromatic nitrogens is 2. The number of fused-ring (bicyclic) bond motifs is 1. The molecule has 0 aliphatic heterocycles. The van der Waals surface area contributed by atoms with Gasteiger partial charge in [-0.15, -0.1) is 0 Å². The third-order valence-electron chi connectivity index (χ3n) is 3.48. The molecule has 1 aliphatic rings. The fourth-order valence-corrected chi connectivity index (χ4v) is 2.53. The molecule has 1 fully saturated rings. The van der Waals surface area contributed by atoms with Crippen LogP contribution in [0.3, 0.4) is 0 Å². The van der Waals surface area contributed by atoms with Crippen LogP contribution in [0.4, 0.5) is 0 Å². The topological polar surface area (TPSA) is 40.8 Å². The molecule has 3 rings (SSSR count). The fourth-order valence-electron chi connectivity index (χ4n) is 2.36. The summed E-state index contributed by atoms with van der Waals surface area (Å²) in [5.41, 5.74) is 1.94. The molecule has 5 heteroatoms. The van der Waals surface area contributed by atoms with Crippen molar-refractivity contribution in [2.75, 3.05) is 19.7 Å². The number of aliphatic hydroxyl groups is 1. The molecule has 0 spiro atoms. The summed E-state index contributed by atoms with van der Waals surface area (Å²) in [6.07, 6.45) is 6.52. The monoisotopic (exact) mass is 279 g/mol. The lowest BCUT2D eigenvalue weighted by atomic mass is 10.3. The Hall–Kier alpha value is -1.10. The Kier molecular flexibility index (Phi) is 3.73. The maximum Gasteiger partial charge on any atom is 0.137 e. The van der Waals surface area contributed by atoms with Crippen molar-refractivity contribution in [1.29, 1.82) is 0 Å². The van der Waals surface area contributed by atoms with Crippen LogP contribution in [0.2, 0.25) is 5.02 Å². The summed E-state index contributed by atoms with van der Waals surface area (Å²) < 4.78 is 1.95. The number of aliphatic hydroxyl groups excluding tert-OH is 1. The summed E-state index contributed by atoms with van der Waals surface area (Å²) in [6, 6.07) is 3.77. The van der Waals surface area contributed by atoms with E-state index in [0.29, 0.717) is 11.6 Å². The van der Waals surface area contributed by atoms with Gasteiger partial charge in [0, 0.05) is 32.0 Å². The molecule has 0 radical (unpaired) electrons. The van der Waals surface area contributed by atoms with Gasteiger partial charge in [-0.05, 0) is 30.9 Å². The van der Waals surface area contributed by atoms with Crippen LogP contribution in [0.15, 0.2) is 24.5 Å². The molecule has 102 valence electrons. The Balaban J connectivity index is 1.74. The second-order valence-corrected chi connectivity index (χ2v) is 5.68. The van der Waals surface area contributed by atoms with Crippen LogP contribution >= 0.6 is 11.6 Å². The van der Waals surface area contributed by atoms with Crippen molar-refractivity contribution >= 4 is 17.2 Å². The van der Waals surface area contributed by atoms with Crippen molar-refractivity contribution < 1.29 is 5.11 Å². The zero-order valence-corrected chi connectivity index (χ0v) is 11.6. The van der Waals surface area contributed by atoms with Crippen LogP contribution < -0.4 is 0 Å². The molecule has 0 amide bonds. The Morgan fingerprint density at radius 2 is 2.21 bits per heavy atom. The zero-order valence-electron chi connectivity index (χ0n) is 10.8. The molecule has 4 nitrogen and oxygen atoms in total. The molecule has 0 aromatic carbocycles. The molecule has 0 unspecified atom stereocenters. The molecule has 2 aromatic rings. The summed E-state index contributed by atoms with van der Waals surface area (Å²) in [5, 5.41) is 9.85. The quantitative estimate of drug-likeness (QED) is 0.881. The highest BCUT2D eigenvalue weighted by Crippen LogP contribution is 2.30. The highest BCUT2D eigenvalue weighted by atomic mass is 35.5. The minimum Gasteiger partial charge on any atom is -0.395 e. The Morgan fingerprint density at radius 3 is 2.95 bits per heavy atom. The normalized spacial score (nSPS) is 15.5.